The number of benzene rings is 3. The third-order valence-corrected chi connectivity index (χ3v) is 5.77. The van der Waals surface area contributed by atoms with Crippen LogP contribution in [-0.2, 0) is 4.79 Å². The molecule has 3 rings (SSSR count). The summed E-state index contributed by atoms with van der Waals surface area (Å²) in [4.78, 5) is 24.7. The molecule has 0 fully saturated rings. The number of carbonyl (C=O) groups is 2. The average molecular weight is 496 g/mol. The largest absolute Gasteiger partial charge is 0.482 e. The van der Waals surface area contributed by atoms with Gasteiger partial charge in [0.1, 0.15) is 11.5 Å². The summed E-state index contributed by atoms with van der Waals surface area (Å²) >= 11 is 3.53. The van der Waals surface area contributed by atoms with Crippen LogP contribution in [0.1, 0.15) is 46.8 Å². The van der Waals surface area contributed by atoms with E-state index in [4.69, 9.17) is 9.47 Å². The zero-order valence-electron chi connectivity index (χ0n) is 18.6. The van der Waals surface area contributed by atoms with E-state index in [0.29, 0.717) is 17.1 Å². The molecule has 3 aromatic carbocycles. The molecule has 32 heavy (non-hydrogen) atoms. The van der Waals surface area contributed by atoms with Crippen molar-refractivity contribution in [1.29, 1.82) is 0 Å². The number of carbonyl (C=O) groups excluding carboxylic acids is 2. The third kappa shape index (κ3) is 6.20. The SMILES string of the molecule is Cc1ccc(NC(=O)c2ccc(OC(=O)COc3cc(C)c(Br)cc3C(C)C)cc2)cc1. The number of nitrogens with one attached hydrogen (secondary N) is 1. The Morgan fingerprint density at radius 3 is 2.25 bits per heavy atom. The lowest BCUT2D eigenvalue weighted by molar-refractivity contribution is -0.136. The van der Waals surface area contributed by atoms with Gasteiger partial charge in [-0.05, 0) is 79.4 Å². The van der Waals surface area contributed by atoms with Gasteiger partial charge in [-0.1, -0.05) is 47.5 Å². The smallest absolute Gasteiger partial charge is 0.349 e. The molecule has 0 heterocycles. The van der Waals surface area contributed by atoms with Gasteiger partial charge in [0, 0.05) is 15.7 Å². The number of hydrogen-bond donors (Lipinski definition) is 1. The van der Waals surface area contributed by atoms with E-state index in [9.17, 15) is 9.59 Å². The maximum absolute atomic E-state index is 12.4. The predicted octanol–water partition coefficient (Wildman–Crippen LogP) is 6.43. The van der Waals surface area contributed by atoms with E-state index in [1.165, 1.54) is 0 Å². The van der Waals surface area contributed by atoms with Crippen LogP contribution in [0.25, 0.3) is 0 Å². The lowest BCUT2D eigenvalue weighted by atomic mass is 10.0. The number of halogens is 1. The summed E-state index contributed by atoms with van der Waals surface area (Å²) in [6.07, 6.45) is 0. The molecule has 5 nitrogen and oxygen atoms in total. The van der Waals surface area contributed by atoms with Gasteiger partial charge >= 0.3 is 5.97 Å². The Hall–Kier alpha value is -3.12. The van der Waals surface area contributed by atoms with Gasteiger partial charge in [-0.2, -0.15) is 0 Å². The van der Waals surface area contributed by atoms with Gasteiger partial charge in [0.15, 0.2) is 6.61 Å². The maximum atomic E-state index is 12.4. The number of rotatable bonds is 7. The molecule has 0 unspecified atom stereocenters. The van der Waals surface area contributed by atoms with Gasteiger partial charge in [-0.15, -0.1) is 0 Å². The van der Waals surface area contributed by atoms with E-state index < -0.39 is 5.97 Å². The van der Waals surface area contributed by atoms with E-state index in [1.807, 2.05) is 50.2 Å². The molecule has 0 aliphatic rings. The summed E-state index contributed by atoms with van der Waals surface area (Å²) in [5, 5.41) is 2.84. The summed E-state index contributed by atoms with van der Waals surface area (Å²) in [6.45, 7) is 7.88. The quantitative estimate of drug-likeness (QED) is 0.303. The van der Waals surface area contributed by atoms with Gasteiger partial charge in [-0.3, -0.25) is 4.79 Å². The lowest BCUT2D eigenvalue weighted by Crippen LogP contribution is -2.18. The second kappa shape index (κ2) is 10.5. The Morgan fingerprint density at radius 1 is 0.969 bits per heavy atom. The molecular formula is C26H26BrNO4. The molecule has 0 atom stereocenters. The summed E-state index contributed by atoms with van der Waals surface area (Å²) in [5.41, 5.74) is 4.34. The first-order chi connectivity index (χ1) is 15.2. The second-order valence-corrected chi connectivity index (χ2v) is 8.76. The van der Waals surface area contributed by atoms with Crippen LogP contribution in [-0.4, -0.2) is 18.5 Å². The number of anilines is 1. The Morgan fingerprint density at radius 2 is 1.62 bits per heavy atom. The highest BCUT2D eigenvalue weighted by atomic mass is 79.9. The zero-order chi connectivity index (χ0) is 23.3. The number of esters is 1. The summed E-state index contributed by atoms with van der Waals surface area (Å²) < 4.78 is 12.1. The standard InChI is InChI=1S/C26H26BrNO4/c1-16(2)22-14-23(27)18(4)13-24(22)31-15-25(29)32-21-11-7-19(8-12-21)26(30)28-20-9-5-17(3)6-10-20/h5-14,16H,15H2,1-4H3,(H,28,30). The number of hydrogen-bond acceptors (Lipinski definition) is 4. The third-order valence-electron chi connectivity index (χ3n) is 4.92. The van der Waals surface area contributed by atoms with E-state index in [2.05, 4.69) is 35.1 Å². The van der Waals surface area contributed by atoms with E-state index in [-0.39, 0.29) is 18.4 Å². The van der Waals surface area contributed by atoms with Crippen LogP contribution in [0.5, 0.6) is 11.5 Å². The normalized spacial score (nSPS) is 10.7. The number of ether oxygens (including phenoxy) is 2. The highest BCUT2D eigenvalue weighted by molar-refractivity contribution is 9.10. The van der Waals surface area contributed by atoms with Crippen molar-refractivity contribution in [2.24, 2.45) is 0 Å². The van der Waals surface area contributed by atoms with Crippen molar-refractivity contribution in [3.05, 3.63) is 87.4 Å². The molecule has 6 heteroatoms. The Labute approximate surface area is 196 Å². The zero-order valence-corrected chi connectivity index (χ0v) is 20.2. The molecule has 1 amide bonds. The van der Waals surface area contributed by atoms with Crippen molar-refractivity contribution in [2.45, 2.75) is 33.6 Å². The Balaban J connectivity index is 1.57. The van der Waals surface area contributed by atoms with Gasteiger partial charge in [0.25, 0.3) is 5.91 Å². The van der Waals surface area contributed by atoms with Crippen LogP contribution < -0.4 is 14.8 Å². The van der Waals surface area contributed by atoms with Crippen LogP contribution in [0.15, 0.2) is 65.1 Å². The van der Waals surface area contributed by atoms with Crippen LogP contribution in [0.3, 0.4) is 0 Å². The van der Waals surface area contributed by atoms with Crippen LogP contribution in [0.4, 0.5) is 5.69 Å². The van der Waals surface area contributed by atoms with Gasteiger partial charge in [-0.25, -0.2) is 4.79 Å². The molecule has 166 valence electrons. The summed E-state index contributed by atoms with van der Waals surface area (Å²) in [5.74, 6) is 0.512. The molecule has 1 N–H and O–H groups in total. The van der Waals surface area contributed by atoms with Gasteiger partial charge < -0.3 is 14.8 Å². The van der Waals surface area contributed by atoms with Gasteiger partial charge in [0.2, 0.25) is 0 Å². The molecular weight excluding hydrogens is 470 g/mol. The summed E-state index contributed by atoms with van der Waals surface area (Å²) in [6, 6.07) is 17.9. The fourth-order valence-corrected chi connectivity index (χ4v) is 3.42. The van der Waals surface area contributed by atoms with E-state index >= 15 is 0 Å². The van der Waals surface area contributed by atoms with Crippen LogP contribution >= 0.6 is 15.9 Å². The number of amides is 1. The van der Waals surface area contributed by atoms with Crippen LogP contribution in [0, 0.1) is 13.8 Å². The summed E-state index contributed by atoms with van der Waals surface area (Å²) in [7, 11) is 0. The first kappa shape index (κ1) is 23.5. The predicted molar refractivity (Wildman–Crippen MR) is 130 cm³/mol. The van der Waals surface area contributed by atoms with Crippen molar-refractivity contribution in [1.82, 2.24) is 0 Å². The first-order valence-corrected chi connectivity index (χ1v) is 11.1. The van der Waals surface area contributed by atoms with Crippen molar-refractivity contribution >= 4 is 33.5 Å². The minimum absolute atomic E-state index is 0.212. The Kier molecular flexibility index (Phi) is 7.70. The average Bonchev–Trinajstić information content (AvgIpc) is 2.76. The highest BCUT2D eigenvalue weighted by Crippen LogP contribution is 2.32. The molecule has 0 radical (unpaired) electrons. The lowest BCUT2D eigenvalue weighted by Gasteiger charge is -2.15. The fraction of sp³-hybridized carbons (Fsp3) is 0.231. The minimum atomic E-state index is -0.517. The number of aryl methyl sites for hydroxylation is 2. The van der Waals surface area contributed by atoms with E-state index in [1.54, 1.807) is 24.3 Å². The highest BCUT2D eigenvalue weighted by Gasteiger charge is 2.14. The second-order valence-electron chi connectivity index (χ2n) is 7.90. The topological polar surface area (TPSA) is 64.6 Å². The molecule has 3 aromatic rings. The monoisotopic (exact) mass is 495 g/mol. The minimum Gasteiger partial charge on any atom is -0.482 e. The molecule has 0 aliphatic heterocycles. The molecule has 0 spiro atoms. The van der Waals surface area contributed by atoms with Crippen molar-refractivity contribution in [2.75, 3.05) is 11.9 Å². The maximum Gasteiger partial charge on any atom is 0.349 e. The van der Waals surface area contributed by atoms with Crippen molar-refractivity contribution in [3.63, 3.8) is 0 Å². The van der Waals surface area contributed by atoms with Crippen LogP contribution in [0.2, 0.25) is 0 Å². The van der Waals surface area contributed by atoms with Crippen molar-refractivity contribution in [3.8, 4) is 11.5 Å². The fourth-order valence-electron chi connectivity index (χ4n) is 3.06. The molecule has 0 saturated carbocycles. The molecule has 0 aromatic heterocycles. The molecule has 0 aliphatic carbocycles. The van der Waals surface area contributed by atoms with Gasteiger partial charge in [0.05, 0.1) is 0 Å². The molecule has 0 bridgehead atoms. The van der Waals surface area contributed by atoms with E-state index in [0.717, 1.165) is 26.9 Å². The molecule has 0 saturated heterocycles. The van der Waals surface area contributed by atoms with Crippen molar-refractivity contribution < 1.29 is 19.1 Å². The Bertz CT molecular complexity index is 1110. The first-order valence-electron chi connectivity index (χ1n) is 10.3.